The van der Waals surface area contributed by atoms with Gasteiger partial charge in [0.25, 0.3) is 0 Å². The van der Waals surface area contributed by atoms with Gasteiger partial charge in [-0.3, -0.25) is 0 Å². The van der Waals surface area contributed by atoms with Crippen molar-refractivity contribution in [2.75, 3.05) is 25.6 Å². The molecule has 0 aliphatic carbocycles. The Balaban J connectivity index is 4.04. The maximum atomic E-state index is 11.5. The minimum Gasteiger partial charge on any atom is -0.480 e. The van der Waals surface area contributed by atoms with Crippen LogP contribution in [-0.2, 0) is 4.79 Å². The summed E-state index contributed by atoms with van der Waals surface area (Å²) in [5.41, 5.74) is 0. The highest BCUT2D eigenvalue weighted by Crippen LogP contribution is 1.96. The first kappa shape index (κ1) is 14.1. The molecule has 0 saturated heterocycles. The Bertz CT molecular complexity index is 223. The molecule has 2 N–H and O–H groups in total. The molecule has 0 aliphatic rings. The second kappa shape index (κ2) is 7.39. The molecule has 0 fully saturated rings. The normalized spacial score (nSPS) is 11.9. The summed E-state index contributed by atoms with van der Waals surface area (Å²) in [6, 6.07) is -1.13. The molecule has 0 bridgehead atoms. The molecule has 88 valence electrons. The largest absolute Gasteiger partial charge is 0.480 e. The molecule has 5 nitrogen and oxygen atoms in total. The molecule has 2 amide bonds. The smallest absolute Gasteiger partial charge is 0.326 e. The molecule has 0 aliphatic heterocycles. The molecule has 1 atom stereocenters. The van der Waals surface area contributed by atoms with Crippen LogP contribution in [0.25, 0.3) is 0 Å². The van der Waals surface area contributed by atoms with E-state index in [9.17, 15) is 9.59 Å². The van der Waals surface area contributed by atoms with E-state index >= 15 is 0 Å². The molecule has 0 aromatic carbocycles. The summed E-state index contributed by atoms with van der Waals surface area (Å²) in [6.07, 6.45) is 2.34. The third-order valence-corrected chi connectivity index (χ3v) is 2.57. The molecular formula is C9H18N2O3S. The average Bonchev–Trinajstić information content (AvgIpc) is 2.21. The van der Waals surface area contributed by atoms with Gasteiger partial charge in [-0.05, 0) is 12.7 Å². The van der Waals surface area contributed by atoms with Crippen molar-refractivity contribution in [2.45, 2.75) is 19.4 Å². The zero-order valence-electron chi connectivity index (χ0n) is 9.32. The van der Waals surface area contributed by atoms with Crippen molar-refractivity contribution in [3.63, 3.8) is 0 Å². The maximum absolute atomic E-state index is 11.5. The summed E-state index contributed by atoms with van der Waals surface area (Å²) >= 11 is 1.64. The Kier molecular flexibility index (Phi) is 6.94. The topological polar surface area (TPSA) is 69.6 Å². The monoisotopic (exact) mass is 234 g/mol. The number of nitrogens with one attached hydrogen (secondary N) is 1. The Morgan fingerprint density at radius 1 is 1.53 bits per heavy atom. The van der Waals surface area contributed by atoms with Crippen LogP contribution in [0.3, 0.4) is 0 Å². The molecule has 0 heterocycles. The van der Waals surface area contributed by atoms with Gasteiger partial charge in [0.2, 0.25) is 0 Å². The molecule has 0 aromatic rings. The number of rotatable bonds is 6. The fraction of sp³-hybridized carbons (Fsp3) is 0.778. The van der Waals surface area contributed by atoms with Gasteiger partial charge in [-0.15, -0.1) is 0 Å². The van der Waals surface area contributed by atoms with E-state index in [1.165, 1.54) is 4.90 Å². The average molecular weight is 234 g/mol. The highest BCUT2D eigenvalue weighted by atomic mass is 32.2. The lowest BCUT2D eigenvalue weighted by Gasteiger charge is -2.20. The van der Waals surface area contributed by atoms with E-state index in [2.05, 4.69) is 5.32 Å². The van der Waals surface area contributed by atoms with Gasteiger partial charge in [0.1, 0.15) is 6.04 Å². The van der Waals surface area contributed by atoms with Gasteiger partial charge in [-0.2, -0.15) is 11.8 Å². The molecule has 1 unspecified atom stereocenters. The molecule has 0 spiro atoms. The maximum Gasteiger partial charge on any atom is 0.326 e. The lowest BCUT2D eigenvalue weighted by molar-refractivity contribution is -0.139. The number of nitrogens with zero attached hydrogens (tertiary/aromatic N) is 1. The SMILES string of the molecule is CCC(NC(=O)N(C)CCSC)C(=O)O. The number of carboxylic acid groups (broad SMARTS) is 1. The molecule has 0 radical (unpaired) electrons. The van der Waals surface area contributed by atoms with Crippen LogP contribution in [0.15, 0.2) is 0 Å². The second-order valence-electron chi connectivity index (χ2n) is 3.16. The number of urea groups is 1. The van der Waals surface area contributed by atoms with Gasteiger partial charge in [0, 0.05) is 19.3 Å². The van der Waals surface area contributed by atoms with Gasteiger partial charge in [-0.25, -0.2) is 9.59 Å². The Hall–Kier alpha value is -0.910. The van der Waals surface area contributed by atoms with Crippen molar-refractivity contribution in [3.8, 4) is 0 Å². The number of carbonyl (C=O) groups is 2. The lowest BCUT2D eigenvalue weighted by atomic mass is 10.2. The number of aliphatic carboxylic acids is 1. The van der Waals surface area contributed by atoms with Crippen LogP contribution >= 0.6 is 11.8 Å². The molecule has 15 heavy (non-hydrogen) atoms. The fourth-order valence-corrected chi connectivity index (χ4v) is 1.38. The van der Waals surface area contributed by atoms with E-state index in [1.54, 1.807) is 25.7 Å². The Morgan fingerprint density at radius 2 is 2.13 bits per heavy atom. The fourth-order valence-electron chi connectivity index (χ4n) is 0.927. The summed E-state index contributed by atoms with van der Waals surface area (Å²) in [7, 11) is 1.65. The molecule has 0 saturated carbocycles. The van der Waals surface area contributed by atoms with E-state index in [4.69, 9.17) is 5.11 Å². The van der Waals surface area contributed by atoms with Crippen LogP contribution in [0.4, 0.5) is 4.79 Å². The van der Waals surface area contributed by atoms with Crippen molar-refractivity contribution in [1.29, 1.82) is 0 Å². The van der Waals surface area contributed by atoms with Crippen molar-refractivity contribution >= 4 is 23.8 Å². The zero-order chi connectivity index (χ0) is 11.8. The van der Waals surface area contributed by atoms with Gasteiger partial charge < -0.3 is 15.3 Å². The van der Waals surface area contributed by atoms with Crippen LogP contribution < -0.4 is 5.32 Å². The number of carbonyl (C=O) groups excluding carboxylic acids is 1. The van der Waals surface area contributed by atoms with Crippen molar-refractivity contribution < 1.29 is 14.7 Å². The predicted octanol–water partition coefficient (Wildman–Crippen LogP) is 0.854. The van der Waals surface area contributed by atoms with E-state index in [-0.39, 0.29) is 6.03 Å². The minimum atomic E-state index is -0.996. The van der Waals surface area contributed by atoms with Crippen LogP contribution in [-0.4, -0.2) is 53.6 Å². The first-order valence-electron chi connectivity index (χ1n) is 4.76. The third kappa shape index (κ3) is 5.51. The van der Waals surface area contributed by atoms with Gasteiger partial charge in [0.15, 0.2) is 0 Å². The van der Waals surface area contributed by atoms with Gasteiger partial charge >= 0.3 is 12.0 Å². The lowest BCUT2D eigenvalue weighted by Crippen LogP contribution is -2.46. The van der Waals surface area contributed by atoms with Crippen molar-refractivity contribution in [2.24, 2.45) is 0 Å². The number of amides is 2. The summed E-state index contributed by atoms with van der Waals surface area (Å²) in [5.74, 6) is -0.155. The first-order valence-corrected chi connectivity index (χ1v) is 6.15. The zero-order valence-corrected chi connectivity index (χ0v) is 10.1. The molecular weight excluding hydrogens is 216 g/mol. The highest BCUT2D eigenvalue weighted by Gasteiger charge is 2.19. The van der Waals surface area contributed by atoms with E-state index in [0.29, 0.717) is 13.0 Å². The number of hydrogen-bond donors (Lipinski definition) is 2. The van der Waals surface area contributed by atoms with Crippen LogP contribution in [0.1, 0.15) is 13.3 Å². The predicted molar refractivity (Wildman–Crippen MR) is 61.3 cm³/mol. The van der Waals surface area contributed by atoms with Gasteiger partial charge in [-0.1, -0.05) is 6.92 Å². The van der Waals surface area contributed by atoms with Crippen LogP contribution in [0, 0.1) is 0 Å². The minimum absolute atomic E-state index is 0.335. The second-order valence-corrected chi connectivity index (χ2v) is 4.15. The van der Waals surface area contributed by atoms with E-state index < -0.39 is 12.0 Å². The third-order valence-electron chi connectivity index (χ3n) is 1.98. The van der Waals surface area contributed by atoms with Gasteiger partial charge in [0.05, 0.1) is 0 Å². The quantitative estimate of drug-likeness (QED) is 0.715. The standard InChI is InChI=1S/C9H18N2O3S/c1-4-7(8(12)13)10-9(14)11(2)5-6-15-3/h7H,4-6H2,1-3H3,(H,10,14)(H,12,13). The van der Waals surface area contributed by atoms with E-state index in [1.807, 2.05) is 6.26 Å². The molecule has 0 rings (SSSR count). The number of hydrogen-bond acceptors (Lipinski definition) is 3. The van der Waals surface area contributed by atoms with E-state index in [0.717, 1.165) is 5.75 Å². The Morgan fingerprint density at radius 3 is 2.53 bits per heavy atom. The summed E-state index contributed by atoms with van der Waals surface area (Å²) in [4.78, 5) is 23.6. The molecule has 6 heteroatoms. The van der Waals surface area contributed by atoms with Crippen molar-refractivity contribution in [3.05, 3.63) is 0 Å². The first-order chi connectivity index (χ1) is 7.02. The number of thioether (sulfide) groups is 1. The summed E-state index contributed by atoms with van der Waals surface area (Å²) in [5, 5.41) is 11.2. The van der Waals surface area contributed by atoms with Crippen LogP contribution in [0.2, 0.25) is 0 Å². The summed E-state index contributed by atoms with van der Waals surface area (Å²) < 4.78 is 0. The van der Waals surface area contributed by atoms with Crippen LogP contribution in [0.5, 0.6) is 0 Å². The van der Waals surface area contributed by atoms with Crippen molar-refractivity contribution in [1.82, 2.24) is 10.2 Å². The Labute approximate surface area is 94.2 Å². The number of carboxylic acids is 1. The molecule has 0 aromatic heterocycles. The highest BCUT2D eigenvalue weighted by molar-refractivity contribution is 7.98. The summed E-state index contributed by atoms with van der Waals surface area (Å²) in [6.45, 7) is 2.34.